The molecule has 0 atom stereocenters. The van der Waals surface area contributed by atoms with Crippen molar-refractivity contribution in [1.29, 1.82) is 0 Å². The third kappa shape index (κ3) is 12.6. The van der Waals surface area contributed by atoms with Crippen LogP contribution >= 0.6 is 0 Å². The predicted molar refractivity (Wildman–Crippen MR) is 81.0 cm³/mol. The van der Waals surface area contributed by atoms with Crippen LogP contribution in [-0.2, 0) is 38.0 Å². The summed E-state index contributed by atoms with van der Waals surface area (Å²) in [5.74, 6) is 0. The number of hydrogen-bond acceptors (Lipinski definition) is 4. The first-order chi connectivity index (χ1) is 8.12. The van der Waals surface area contributed by atoms with Gasteiger partial charge in [-0.25, -0.2) is 0 Å². The maximum Gasteiger partial charge on any atom is -1.00 e. The largest absolute Gasteiger partial charge is 1.00 e. The predicted octanol–water partition coefficient (Wildman–Crippen LogP) is 4.19. The minimum Gasteiger partial charge on any atom is -1.00 e. The van der Waals surface area contributed by atoms with E-state index in [0.29, 0.717) is 0 Å². The van der Waals surface area contributed by atoms with E-state index in [1.165, 1.54) is 0 Å². The summed E-state index contributed by atoms with van der Waals surface area (Å²) in [6, 6.07) is 0. The van der Waals surface area contributed by atoms with Gasteiger partial charge in [-0.1, -0.05) is 0 Å². The average Bonchev–Trinajstić information content (AvgIpc) is 1.90. The van der Waals surface area contributed by atoms with Gasteiger partial charge in [0, 0.05) is 0 Å². The summed E-state index contributed by atoms with van der Waals surface area (Å²) in [6.07, 6.45) is 0. The summed E-state index contributed by atoms with van der Waals surface area (Å²) in [5, 5.41) is 0. The fraction of sp³-hybridized carbons (Fsp3) is 1.00. The molecule has 4 nitrogen and oxygen atoms in total. The molecule has 0 aromatic rings. The van der Waals surface area contributed by atoms with Gasteiger partial charge in [-0.2, -0.15) is 0 Å². The molecule has 0 aliphatic rings. The Morgan fingerprint density at radius 3 is 1.16 bits per heavy atom. The molecule has 0 aliphatic heterocycles. The summed E-state index contributed by atoms with van der Waals surface area (Å²) < 4.78 is 23.9. The molecule has 0 aromatic heterocycles. The van der Waals surface area contributed by atoms with Crippen LogP contribution in [0.2, 0.25) is 26.2 Å². The van der Waals surface area contributed by atoms with Crippen molar-refractivity contribution in [3.63, 3.8) is 0 Å². The summed E-state index contributed by atoms with van der Waals surface area (Å²) in [5.41, 5.74) is -0.325. The van der Waals surface area contributed by atoms with Crippen molar-refractivity contribution >= 4 is 17.1 Å². The fourth-order valence-electron chi connectivity index (χ4n) is 1.74. The van der Waals surface area contributed by atoms with Gasteiger partial charge in [0.15, 0.2) is 0 Å². The van der Waals surface area contributed by atoms with Crippen LogP contribution in [0.4, 0.5) is 0 Å². The first-order valence-electron chi connectivity index (χ1n) is 6.63. The molecule has 0 saturated carbocycles. The summed E-state index contributed by atoms with van der Waals surface area (Å²) >= 11 is -1.35. The zero-order chi connectivity index (χ0) is 15.5. The van der Waals surface area contributed by atoms with Crippen molar-refractivity contribution in [2.24, 2.45) is 0 Å². The first kappa shape index (κ1) is 20.2. The Morgan fingerprint density at radius 2 is 0.947 bits per heavy atom. The molecule has 0 heterocycles. The van der Waals surface area contributed by atoms with Crippen LogP contribution in [0.1, 0.15) is 44.4 Å². The molecular weight excluding hydrogens is 356 g/mol. The molecular formula is C12H32O4Si2Zr-2. The van der Waals surface area contributed by atoms with E-state index in [-0.39, 0.29) is 14.1 Å². The second-order valence-electron chi connectivity index (χ2n) is 7.52. The standard InChI is InChI=1S/2C6H15O2Si.Zr.2H/c2*1-6(2,3)8-9(4,5)7;;;/h2*1-5H3;;;/q2*-1;+2;2*-1. The fourth-order valence-corrected chi connectivity index (χ4v) is 9.83. The van der Waals surface area contributed by atoms with Crippen LogP contribution in [0, 0.1) is 0 Å². The molecule has 0 unspecified atom stereocenters. The van der Waals surface area contributed by atoms with Crippen molar-refractivity contribution in [2.75, 3.05) is 0 Å². The zero-order valence-electron chi connectivity index (χ0n) is 16.1. The minimum atomic E-state index is -2.08. The van der Waals surface area contributed by atoms with Gasteiger partial charge in [0.05, 0.1) is 0 Å². The van der Waals surface area contributed by atoms with Crippen LogP contribution in [0.3, 0.4) is 0 Å². The number of hydrogen-bond donors (Lipinski definition) is 0. The van der Waals surface area contributed by atoms with Gasteiger partial charge in [-0.15, -0.1) is 0 Å². The Balaban J connectivity index is -0.00000162. The Kier molecular flexibility index (Phi) is 7.37. The van der Waals surface area contributed by atoms with Crippen molar-refractivity contribution in [3.8, 4) is 0 Å². The molecule has 0 fully saturated rings. The quantitative estimate of drug-likeness (QED) is 0.640. The van der Waals surface area contributed by atoms with Gasteiger partial charge in [0.25, 0.3) is 0 Å². The van der Waals surface area contributed by atoms with Crippen LogP contribution in [-0.4, -0.2) is 28.3 Å². The first-order valence-corrected chi connectivity index (χ1v) is 14.3. The SMILES string of the molecule is CC(C)(C)O[Si](C)(C)[O][Zr][O][Si](C)(C)OC(C)(C)C.[H-].[H-]. The molecule has 0 aromatic carbocycles. The smallest absolute Gasteiger partial charge is 1.00 e. The zero-order valence-corrected chi connectivity index (χ0v) is 18.6. The molecule has 0 aliphatic carbocycles. The minimum absolute atomic E-state index is 0. The Labute approximate surface area is 136 Å². The van der Waals surface area contributed by atoms with E-state index >= 15 is 0 Å². The van der Waals surface area contributed by atoms with E-state index in [1.807, 2.05) is 0 Å². The van der Waals surface area contributed by atoms with Gasteiger partial charge < -0.3 is 2.85 Å². The Bertz CT molecular complexity index is 264. The van der Waals surface area contributed by atoms with E-state index in [4.69, 9.17) is 13.9 Å². The number of rotatable bonds is 6. The molecule has 0 bridgehead atoms. The third-order valence-corrected chi connectivity index (χ3v) is 13.5. The van der Waals surface area contributed by atoms with Crippen molar-refractivity contribution in [3.05, 3.63) is 0 Å². The van der Waals surface area contributed by atoms with E-state index in [0.717, 1.165) is 0 Å². The van der Waals surface area contributed by atoms with Gasteiger partial charge in [0.1, 0.15) is 0 Å². The monoisotopic (exact) mass is 386 g/mol. The molecule has 118 valence electrons. The second-order valence-corrected chi connectivity index (χ2v) is 17.4. The summed E-state index contributed by atoms with van der Waals surface area (Å²) in [7, 11) is -4.16. The molecule has 0 saturated heterocycles. The average molecular weight is 388 g/mol. The van der Waals surface area contributed by atoms with Crippen molar-refractivity contribution in [1.82, 2.24) is 0 Å². The maximum absolute atomic E-state index is 5.99. The third-order valence-electron chi connectivity index (χ3n) is 1.68. The van der Waals surface area contributed by atoms with Crippen molar-refractivity contribution < 1.29 is 40.8 Å². The molecule has 0 rings (SSSR count). The normalized spacial score (nSPS) is 14.6. The van der Waals surface area contributed by atoms with Crippen LogP contribution in [0.15, 0.2) is 0 Å². The van der Waals surface area contributed by atoms with Gasteiger partial charge in [-0.05, 0) is 0 Å². The maximum atomic E-state index is 5.99. The van der Waals surface area contributed by atoms with Crippen LogP contribution in [0.5, 0.6) is 0 Å². The molecule has 0 radical (unpaired) electrons. The Morgan fingerprint density at radius 1 is 0.684 bits per heavy atom. The molecule has 7 heteroatoms. The van der Waals surface area contributed by atoms with Gasteiger partial charge >= 0.3 is 134 Å². The Hall–Kier alpha value is 1.16. The molecule has 0 N–H and O–H groups in total. The topological polar surface area (TPSA) is 36.9 Å². The van der Waals surface area contributed by atoms with E-state index < -0.39 is 41.2 Å². The summed E-state index contributed by atoms with van der Waals surface area (Å²) in [6.45, 7) is 20.6. The molecule has 0 amide bonds. The molecule has 0 spiro atoms. The van der Waals surface area contributed by atoms with E-state index in [9.17, 15) is 0 Å². The van der Waals surface area contributed by atoms with Gasteiger partial charge in [0.2, 0.25) is 0 Å². The van der Waals surface area contributed by atoms with Crippen molar-refractivity contribution in [2.45, 2.75) is 78.9 Å². The second kappa shape index (κ2) is 6.94. The molecule has 19 heavy (non-hydrogen) atoms. The van der Waals surface area contributed by atoms with Crippen LogP contribution < -0.4 is 0 Å². The van der Waals surface area contributed by atoms with E-state index in [2.05, 4.69) is 67.7 Å². The van der Waals surface area contributed by atoms with Crippen LogP contribution in [0.25, 0.3) is 0 Å². The summed E-state index contributed by atoms with van der Waals surface area (Å²) in [4.78, 5) is 0. The van der Waals surface area contributed by atoms with Gasteiger partial charge in [-0.3, -0.25) is 0 Å². The van der Waals surface area contributed by atoms with E-state index in [1.54, 1.807) is 0 Å².